The van der Waals surface area contributed by atoms with E-state index in [9.17, 15) is 29.4 Å². The van der Waals surface area contributed by atoms with E-state index in [1.807, 2.05) is 0 Å². The predicted molar refractivity (Wildman–Crippen MR) is 79.9 cm³/mol. The molecule has 0 spiro atoms. The molecule has 1 rings (SSSR count). The van der Waals surface area contributed by atoms with Gasteiger partial charge in [0.2, 0.25) is 5.76 Å². The fourth-order valence-electron chi connectivity index (χ4n) is 1.55. The highest BCUT2D eigenvalue weighted by Crippen LogP contribution is 2.41. The van der Waals surface area contributed by atoms with Crippen molar-refractivity contribution in [2.75, 3.05) is 31.5 Å². The molecule has 0 aromatic rings. The molecule has 0 saturated heterocycles. The molecule has 128 valence electrons. The summed E-state index contributed by atoms with van der Waals surface area (Å²) in [6, 6.07) is 0. The molecule has 0 radical (unpaired) electrons. The molecule has 0 fully saturated rings. The molecule has 1 heterocycles. The Bertz CT molecular complexity index is 557. The second kappa shape index (κ2) is 8.11. The van der Waals surface area contributed by atoms with Gasteiger partial charge in [0.15, 0.2) is 0 Å². The van der Waals surface area contributed by atoms with E-state index < -0.39 is 35.2 Å². The number of carbonyl (C=O) groups excluding carboxylic acids is 3. The van der Waals surface area contributed by atoms with Crippen molar-refractivity contribution in [3.63, 3.8) is 0 Å². The van der Waals surface area contributed by atoms with E-state index in [4.69, 9.17) is 4.74 Å². The van der Waals surface area contributed by atoms with Crippen molar-refractivity contribution in [3.8, 4) is 0 Å². The Morgan fingerprint density at radius 1 is 1.17 bits per heavy atom. The number of carboxylic acids is 1. The molecular formula is C12H14O9S2. The largest absolute Gasteiger partial charge is 0.501 e. The van der Waals surface area contributed by atoms with Crippen molar-refractivity contribution >= 4 is 47.4 Å². The number of hydrogen-bond acceptors (Lipinski definition) is 10. The Kier molecular flexibility index (Phi) is 6.76. The number of rotatable bonds is 8. The first-order chi connectivity index (χ1) is 10.8. The van der Waals surface area contributed by atoms with Crippen LogP contribution in [0, 0.1) is 0 Å². The first kappa shape index (κ1) is 19.2. The number of esters is 3. The molecule has 9 nitrogen and oxygen atoms in total. The zero-order chi connectivity index (χ0) is 17.6. The van der Waals surface area contributed by atoms with Crippen molar-refractivity contribution in [2.24, 2.45) is 0 Å². The number of aliphatic hydroxyl groups is 1. The fraction of sp³-hybridized carbons (Fsp3) is 0.500. The summed E-state index contributed by atoms with van der Waals surface area (Å²) < 4.78 is 13.7. The van der Waals surface area contributed by atoms with Gasteiger partial charge in [0.25, 0.3) is 5.60 Å². The lowest BCUT2D eigenvalue weighted by Crippen LogP contribution is -2.43. The fourth-order valence-corrected chi connectivity index (χ4v) is 3.67. The molecule has 1 aliphatic heterocycles. The molecular weight excluding hydrogens is 352 g/mol. The highest BCUT2D eigenvalue weighted by molar-refractivity contribution is 8.04. The van der Waals surface area contributed by atoms with Crippen molar-refractivity contribution in [2.45, 2.75) is 5.60 Å². The minimum absolute atomic E-state index is 0.168. The summed E-state index contributed by atoms with van der Waals surface area (Å²) in [6.45, 7) is 0. The van der Waals surface area contributed by atoms with Crippen LogP contribution in [0.3, 0.4) is 0 Å². The van der Waals surface area contributed by atoms with E-state index in [0.29, 0.717) is 11.8 Å². The Balaban J connectivity index is 2.98. The first-order valence-corrected chi connectivity index (χ1v) is 8.17. The molecule has 0 aromatic carbocycles. The van der Waals surface area contributed by atoms with Crippen LogP contribution < -0.4 is 0 Å². The Morgan fingerprint density at radius 2 is 1.74 bits per heavy atom. The summed E-state index contributed by atoms with van der Waals surface area (Å²) in [4.78, 5) is 45.1. The van der Waals surface area contributed by atoms with Gasteiger partial charge >= 0.3 is 23.9 Å². The average Bonchev–Trinajstić information content (AvgIpc) is 2.76. The van der Waals surface area contributed by atoms with Gasteiger partial charge in [-0.3, -0.25) is 9.59 Å². The van der Waals surface area contributed by atoms with E-state index in [-0.39, 0.29) is 22.2 Å². The number of carbonyl (C=O) groups is 4. The van der Waals surface area contributed by atoms with Gasteiger partial charge in [-0.15, -0.1) is 23.5 Å². The van der Waals surface area contributed by atoms with Crippen LogP contribution in [-0.4, -0.2) is 71.2 Å². The quantitative estimate of drug-likeness (QED) is 0.442. The number of hydrogen-bond donors (Lipinski definition) is 2. The third-order valence-corrected chi connectivity index (χ3v) is 4.94. The van der Waals surface area contributed by atoms with E-state index >= 15 is 0 Å². The summed E-state index contributed by atoms with van der Waals surface area (Å²) in [5.41, 5.74) is -2.17. The second-order valence-corrected chi connectivity index (χ2v) is 6.10. The van der Waals surface area contributed by atoms with Gasteiger partial charge in [0.05, 0.1) is 36.4 Å². The van der Waals surface area contributed by atoms with Crippen molar-refractivity contribution in [1.29, 1.82) is 0 Å². The first-order valence-electron chi connectivity index (χ1n) is 6.03. The maximum Gasteiger partial charge on any atom is 0.375 e. The van der Waals surface area contributed by atoms with Crippen LogP contribution in [0.1, 0.15) is 0 Å². The summed E-state index contributed by atoms with van der Waals surface area (Å²) in [5.74, 6) is -5.69. The van der Waals surface area contributed by atoms with E-state index in [2.05, 4.69) is 9.47 Å². The van der Waals surface area contributed by atoms with Crippen LogP contribution >= 0.6 is 23.5 Å². The lowest BCUT2D eigenvalue weighted by molar-refractivity contribution is -0.165. The van der Waals surface area contributed by atoms with Crippen LogP contribution in [-0.2, 0) is 33.4 Å². The van der Waals surface area contributed by atoms with Gasteiger partial charge in [-0.05, 0) is 0 Å². The lowest BCUT2D eigenvalue weighted by atomic mass is 10.1. The lowest BCUT2D eigenvalue weighted by Gasteiger charge is -2.24. The van der Waals surface area contributed by atoms with Gasteiger partial charge in [-0.2, -0.15) is 0 Å². The standard InChI is InChI=1S/C12H14O9S2/c1-19-6(13)3-22-5-12(11(17)18)9(8(15)10(16)21-12)23-4-7(14)20-2/h15H,3-5H2,1-2H3,(H,17,18). The van der Waals surface area contributed by atoms with Crippen molar-refractivity contribution < 1.29 is 43.6 Å². The molecule has 23 heavy (non-hydrogen) atoms. The zero-order valence-electron chi connectivity index (χ0n) is 12.2. The molecule has 1 aliphatic rings. The number of aliphatic carboxylic acids is 1. The molecule has 1 atom stereocenters. The van der Waals surface area contributed by atoms with Crippen LogP contribution in [0.2, 0.25) is 0 Å². The maximum absolute atomic E-state index is 11.6. The minimum atomic E-state index is -2.17. The van der Waals surface area contributed by atoms with Crippen LogP contribution in [0.5, 0.6) is 0 Å². The maximum atomic E-state index is 11.6. The topological polar surface area (TPSA) is 136 Å². The smallest absolute Gasteiger partial charge is 0.375 e. The van der Waals surface area contributed by atoms with E-state index in [0.717, 1.165) is 18.9 Å². The van der Waals surface area contributed by atoms with Gasteiger partial charge in [0, 0.05) is 0 Å². The highest BCUT2D eigenvalue weighted by atomic mass is 32.2. The van der Waals surface area contributed by atoms with E-state index in [1.165, 1.54) is 7.11 Å². The summed E-state index contributed by atoms with van der Waals surface area (Å²) >= 11 is 1.48. The minimum Gasteiger partial charge on any atom is -0.501 e. The van der Waals surface area contributed by atoms with E-state index in [1.54, 1.807) is 0 Å². The molecule has 0 bridgehead atoms. The zero-order valence-corrected chi connectivity index (χ0v) is 13.8. The van der Waals surface area contributed by atoms with Crippen LogP contribution in [0.4, 0.5) is 0 Å². The number of methoxy groups -OCH3 is 2. The molecule has 11 heteroatoms. The molecule has 0 saturated carbocycles. The number of thioether (sulfide) groups is 2. The Morgan fingerprint density at radius 3 is 2.26 bits per heavy atom. The predicted octanol–water partition coefficient (Wildman–Crippen LogP) is -0.0514. The molecule has 0 aromatic heterocycles. The number of cyclic esters (lactones) is 1. The number of ether oxygens (including phenoxy) is 3. The summed E-state index contributed by atoms with van der Waals surface area (Å²) in [5, 5.41) is 19.2. The summed E-state index contributed by atoms with van der Waals surface area (Å²) in [6.07, 6.45) is 0. The Hall–Kier alpha value is -1.88. The summed E-state index contributed by atoms with van der Waals surface area (Å²) in [7, 11) is 2.32. The molecule has 0 amide bonds. The van der Waals surface area contributed by atoms with Crippen LogP contribution in [0.15, 0.2) is 10.7 Å². The normalized spacial score (nSPS) is 20.2. The third-order valence-electron chi connectivity index (χ3n) is 2.70. The van der Waals surface area contributed by atoms with Gasteiger partial charge in [-0.1, -0.05) is 0 Å². The Labute approximate surface area is 139 Å². The van der Waals surface area contributed by atoms with Gasteiger partial charge < -0.3 is 24.4 Å². The number of carboxylic acid groups (broad SMARTS) is 1. The average molecular weight is 366 g/mol. The van der Waals surface area contributed by atoms with Crippen molar-refractivity contribution in [3.05, 3.63) is 10.7 Å². The SMILES string of the molecule is COC(=O)CSCC1(C(=O)O)OC(=O)C(O)=C1SCC(=O)OC. The highest BCUT2D eigenvalue weighted by Gasteiger charge is 2.55. The van der Waals surface area contributed by atoms with Gasteiger partial charge in [-0.25, -0.2) is 9.59 Å². The van der Waals surface area contributed by atoms with Crippen molar-refractivity contribution in [1.82, 2.24) is 0 Å². The van der Waals surface area contributed by atoms with Crippen LogP contribution in [0.25, 0.3) is 0 Å². The number of aliphatic hydroxyl groups excluding tert-OH is 1. The molecule has 2 N–H and O–H groups in total. The second-order valence-electron chi connectivity index (χ2n) is 4.13. The monoisotopic (exact) mass is 366 g/mol. The molecule has 0 aliphatic carbocycles. The third kappa shape index (κ3) is 4.32. The molecule has 1 unspecified atom stereocenters. The van der Waals surface area contributed by atoms with Gasteiger partial charge in [0.1, 0.15) is 0 Å².